The van der Waals surface area contributed by atoms with Crippen molar-refractivity contribution in [2.75, 3.05) is 25.4 Å². The molecule has 2 amide bonds. The van der Waals surface area contributed by atoms with Gasteiger partial charge in [0.1, 0.15) is 4.75 Å². The Kier molecular flexibility index (Phi) is 9.51. The summed E-state index contributed by atoms with van der Waals surface area (Å²) in [6.07, 6.45) is 9.71. The number of aromatic nitrogens is 1. The molecule has 0 spiro atoms. The Hall–Kier alpha value is -3.06. The molecular weight excluding hydrogens is 603 g/mol. The van der Waals surface area contributed by atoms with Crippen LogP contribution in [0.5, 0.6) is 0 Å². The number of nitrogens with one attached hydrogen (secondary N) is 1. The lowest BCUT2D eigenvalue weighted by Gasteiger charge is -2.31. The number of hydroxylamine groups is 1. The van der Waals surface area contributed by atoms with Gasteiger partial charge in [-0.15, -0.1) is 11.3 Å². The molecule has 0 bridgehead atoms. The van der Waals surface area contributed by atoms with Crippen molar-refractivity contribution in [2.45, 2.75) is 75.2 Å². The average molecular weight is 642 g/mol. The van der Waals surface area contributed by atoms with Gasteiger partial charge in [-0.05, 0) is 49.8 Å². The van der Waals surface area contributed by atoms with Gasteiger partial charge in [0.25, 0.3) is 0 Å². The van der Waals surface area contributed by atoms with Crippen LogP contribution in [0.4, 0.5) is 0 Å². The number of thiophene rings is 1. The van der Waals surface area contributed by atoms with Gasteiger partial charge >= 0.3 is 0 Å². The molecule has 1 saturated carbocycles. The van der Waals surface area contributed by atoms with Gasteiger partial charge in [-0.1, -0.05) is 43.5 Å². The third-order valence-corrected chi connectivity index (χ3v) is 13.1. The first-order valence-corrected chi connectivity index (χ1v) is 18.0. The third kappa shape index (κ3) is 6.63. The number of amides is 2. The van der Waals surface area contributed by atoms with E-state index in [1.165, 1.54) is 17.7 Å². The second-order valence-electron chi connectivity index (χ2n) is 11.9. The first-order chi connectivity index (χ1) is 21.3. The number of nitrogens with zero attached hydrogens (tertiary/aromatic N) is 2. The van der Waals surface area contributed by atoms with Crippen LogP contribution >= 0.6 is 11.3 Å². The zero-order valence-electron chi connectivity index (χ0n) is 24.7. The van der Waals surface area contributed by atoms with Gasteiger partial charge < -0.3 is 14.1 Å². The van der Waals surface area contributed by atoms with Crippen LogP contribution in [0.3, 0.4) is 0 Å². The topological polar surface area (TPSA) is 128 Å². The van der Waals surface area contributed by atoms with Gasteiger partial charge in [0.15, 0.2) is 28.3 Å². The summed E-state index contributed by atoms with van der Waals surface area (Å²) in [6, 6.07) is 11.5. The summed E-state index contributed by atoms with van der Waals surface area (Å²) < 4.78 is 37.9. The van der Waals surface area contributed by atoms with E-state index < -0.39 is 26.8 Å². The van der Waals surface area contributed by atoms with E-state index in [9.17, 15) is 18.0 Å². The predicted molar refractivity (Wildman–Crippen MR) is 166 cm³/mol. The summed E-state index contributed by atoms with van der Waals surface area (Å²) in [4.78, 5) is 39.5. The van der Waals surface area contributed by atoms with Crippen molar-refractivity contribution < 1.29 is 32.0 Å². The summed E-state index contributed by atoms with van der Waals surface area (Å²) in [5.41, 5.74) is 4.28. The lowest BCUT2D eigenvalue weighted by atomic mass is 9.88. The van der Waals surface area contributed by atoms with Crippen LogP contribution in [0.25, 0.3) is 21.8 Å². The maximum Gasteiger partial charge on any atom is 0.245 e. The SMILES string of the molecule is O=C(CC1(c2ccc(-c3ccc(-c4cnco4)cc3)s2)CCN(C(=O)C2CCCCC2)CCS1(=O)=O)NOC1CCCCO1. The van der Waals surface area contributed by atoms with Crippen LogP contribution in [0.1, 0.15) is 69.1 Å². The first-order valence-electron chi connectivity index (χ1n) is 15.5. The zero-order valence-corrected chi connectivity index (χ0v) is 26.4. The molecule has 4 heterocycles. The van der Waals surface area contributed by atoms with Gasteiger partial charge in [0, 0.05) is 47.4 Å². The van der Waals surface area contributed by atoms with Crippen LogP contribution < -0.4 is 5.48 Å². The molecule has 236 valence electrons. The van der Waals surface area contributed by atoms with E-state index in [4.69, 9.17) is 14.0 Å². The average Bonchev–Trinajstić information content (AvgIpc) is 3.75. The normalized spacial score (nSPS) is 24.5. The molecule has 12 heteroatoms. The van der Waals surface area contributed by atoms with Crippen LogP contribution in [0, 0.1) is 5.92 Å². The van der Waals surface area contributed by atoms with E-state index >= 15 is 0 Å². The molecule has 2 aliphatic heterocycles. The highest BCUT2D eigenvalue weighted by molar-refractivity contribution is 7.92. The van der Waals surface area contributed by atoms with Gasteiger partial charge in [-0.25, -0.2) is 23.7 Å². The van der Waals surface area contributed by atoms with E-state index in [2.05, 4.69) is 10.5 Å². The number of ether oxygens (including phenoxy) is 1. The van der Waals surface area contributed by atoms with Gasteiger partial charge in [0.05, 0.1) is 18.4 Å². The minimum Gasteiger partial charge on any atom is -0.444 e. The van der Waals surface area contributed by atoms with E-state index in [0.717, 1.165) is 60.9 Å². The Morgan fingerprint density at radius 1 is 1.00 bits per heavy atom. The van der Waals surface area contributed by atoms with Crippen LogP contribution in [0.15, 0.2) is 53.4 Å². The summed E-state index contributed by atoms with van der Waals surface area (Å²) in [5, 5.41) is 0. The minimum atomic E-state index is -3.87. The van der Waals surface area contributed by atoms with Crippen molar-refractivity contribution in [3.05, 3.63) is 53.9 Å². The maximum absolute atomic E-state index is 14.2. The standard InChI is InChI=1S/C32H39N3O7S2/c36-29(34-42-30-8-4-5-18-40-30)20-32(15-16-35(17-19-44(32,38)39)31(37)25-6-2-1-3-7-25)28-14-13-27(43-28)24-11-9-23(10-12-24)26-21-33-22-41-26/h9-14,21-22,25,30H,1-8,15-20H2,(H,34,36). The highest BCUT2D eigenvalue weighted by Gasteiger charge is 2.50. The number of carbonyl (C=O) groups excluding carboxylic acids is 2. The second kappa shape index (κ2) is 13.5. The van der Waals surface area contributed by atoms with Crippen LogP contribution in [-0.2, 0) is 33.7 Å². The van der Waals surface area contributed by atoms with Gasteiger partial charge in [-0.3, -0.25) is 9.59 Å². The summed E-state index contributed by atoms with van der Waals surface area (Å²) in [6.45, 7) is 0.962. The fourth-order valence-electron chi connectivity index (χ4n) is 6.52. The van der Waals surface area contributed by atoms with Gasteiger partial charge in [-0.2, -0.15) is 0 Å². The number of carbonyl (C=O) groups is 2. The Morgan fingerprint density at radius 3 is 2.50 bits per heavy atom. The predicted octanol–water partition coefficient (Wildman–Crippen LogP) is 5.46. The molecule has 2 saturated heterocycles. The van der Waals surface area contributed by atoms with Gasteiger partial charge in [0.2, 0.25) is 11.8 Å². The van der Waals surface area contributed by atoms with E-state index in [-0.39, 0.29) is 43.5 Å². The first kappa shape index (κ1) is 30.9. The molecule has 10 nitrogen and oxygen atoms in total. The number of oxazole rings is 1. The Balaban J connectivity index is 1.27. The molecule has 0 radical (unpaired) electrons. The third-order valence-electron chi connectivity index (χ3n) is 9.11. The molecule has 2 aromatic heterocycles. The molecule has 3 aromatic rings. The number of sulfone groups is 1. The fraction of sp³-hybridized carbons (Fsp3) is 0.531. The smallest absolute Gasteiger partial charge is 0.245 e. The minimum absolute atomic E-state index is 0.0386. The van der Waals surface area contributed by atoms with Crippen LogP contribution in [0.2, 0.25) is 0 Å². The molecule has 1 N–H and O–H groups in total. The van der Waals surface area contributed by atoms with Crippen molar-refractivity contribution in [3.8, 4) is 21.8 Å². The van der Waals surface area contributed by atoms with E-state index in [1.54, 1.807) is 11.1 Å². The van der Waals surface area contributed by atoms with E-state index in [1.807, 2.05) is 36.4 Å². The molecule has 2 atom stereocenters. The molecule has 3 fully saturated rings. The number of hydrogen-bond donors (Lipinski definition) is 1. The van der Waals surface area contributed by atoms with Crippen molar-refractivity contribution in [1.82, 2.24) is 15.4 Å². The molecule has 6 rings (SSSR count). The van der Waals surface area contributed by atoms with E-state index in [0.29, 0.717) is 23.7 Å². The number of benzene rings is 1. The maximum atomic E-state index is 14.2. The summed E-state index contributed by atoms with van der Waals surface area (Å²) >= 11 is 1.37. The second-order valence-corrected chi connectivity index (χ2v) is 15.4. The Morgan fingerprint density at radius 2 is 1.77 bits per heavy atom. The van der Waals surface area contributed by atoms with Crippen LogP contribution in [-0.4, -0.2) is 61.9 Å². The quantitative estimate of drug-likeness (QED) is 0.322. The van der Waals surface area contributed by atoms with Crippen molar-refractivity contribution in [2.24, 2.45) is 5.92 Å². The summed E-state index contributed by atoms with van der Waals surface area (Å²) in [5.74, 6) is -0.0897. The highest BCUT2D eigenvalue weighted by atomic mass is 32.2. The number of hydrogen-bond acceptors (Lipinski definition) is 9. The van der Waals surface area contributed by atoms with Crippen molar-refractivity contribution >= 4 is 33.0 Å². The lowest BCUT2D eigenvalue weighted by molar-refractivity contribution is -0.200. The molecule has 1 aromatic carbocycles. The Labute approximate surface area is 262 Å². The Bertz CT molecular complexity index is 1530. The monoisotopic (exact) mass is 641 g/mol. The number of rotatable bonds is 8. The molecular formula is C32H39N3O7S2. The molecule has 44 heavy (non-hydrogen) atoms. The summed E-state index contributed by atoms with van der Waals surface area (Å²) in [7, 11) is -3.87. The van der Waals surface area contributed by atoms with Crippen molar-refractivity contribution in [3.63, 3.8) is 0 Å². The molecule has 1 aliphatic carbocycles. The zero-order chi connectivity index (χ0) is 30.6. The molecule has 2 unspecified atom stereocenters. The highest BCUT2D eigenvalue weighted by Crippen LogP contribution is 2.45. The van der Waals surface area contributed by atoms with Crippen molar-refractivity contribution in [1.29, 1.82) is 0 Å². The fourth-order valence-corrected chi connectivity index (χ4v) is 10.1. The lowest BCUT2D eigenvalue weighted by Crippen LogP contribution is -2.43. The largest absolute Gasteiger partial charge is 0.444 e. The molecule has 3 aliphatic rings.